The second-order valence-corrected chi connectivity index (χ2v) is 3.32. The largest absolute Gasteiger partial charge is 0.466 e. The van der Waals surface area contributed by atoms with E-state index in [0.29, 0.717) is 32.8 Å². The quantitative estimate of drug-likeness (QED) is 0.458. The number of hydrogen-bond donors (Lipinski definition) is 0. The summed E-state index contributed by atoms with van der Waals surface area (Å²) in [5.74, 6) is -0.287. The lowest BCUT2D eigenvalue weighted by Crippen LogP contribution is -2.30. The van der Waals surface area contributed by atoms with Crippen molar-refractivity contribution in [2.24, 2.45) is 0 Å². The summed E-state index contributed by atoms with van der Waals surface area (Å²) in [6.07, 6.45) is 0.595. The predicted octanol–water partition coefficient (Wildman–Crippen LogP) is 0.825. The van der Waals surface area contributed by atoms with E-state index in [1.165, 1.54) is 4.90 Å². The van der Waals surface area contributed by atoms with Crippen LogP contribution in [0.1, 0.15) is 26.7 Å². The van der Waals surface area contributed by atoms with Crippen molar-refractivity contribution in [1.82, 2.24) is 4.90 Å². The Balaban J connectivity index is 3.66. The minimum atomic E-state index is -0.271. The molecule has 0 aliphatic carbocycles. The summed E-state index contributed by atoms with van der Waals surface area (Å²) in [6, 6.07) is 0. The molecular weight excluding hydrogens is 210 g/mol. The number of ether oxygens (including phenoxy) is 2. The third kappa shape index (κ3) is 7.23. The van der Waals surface area contributed by atoms with E-state index in [-0.39, 0.29) is 18.3 Å². The molecule has 0 bridgehead atoms. The summed E-state index contributed by atoms with van der Waals surface area (Å²) in [7, 11) is 1.67. The van der Waals surface area contributed by atoms with Crippen LogP contribution >= 0.6 is 0 Å². The Morgan fingerprint density at radius 3 is 2.38 bits per heavy atom. The third-order valence-corrected chi connectivity index (χ3v) is 2.05. The van der Waals surface area contributed by atoms with Gasteiger partial charge in [-0.1, -0.05) is 0 Å². The fourth-order valence-corrected chi connectivity index (χ4v) is 1.11. The minimum absolute atomic E-state index is 0.0160. The van der Waals surface area contributed by atoms with Crippen molar-refractivity contribution >= 4 is 11.9 Å². The lowest BCUT2D eigenvalue weighted by Gasteiger charge is -2.16. The van der Waals surface area contributed by atoms with Crippen LogP contribution in [0, 0.1) is 0 Å². The van der Waals surface area contributed by atoms with Gasteiger partial charge in [-0.25, -0.2) is 0 Å². The molecule has 0 radical (unpaired) electrons. The molecule has 0 N–H and O–H groups in total. The first-order valence-corrected chi connectivity index (χ1v) is 5.59. The maximum Gasteiger partial charge on any atom is 0.307 e. The molecule has 94 valence electrons. The Hall–Kier alpha value is -1.10. The molecular formula is C11H21NO4. The molecule has 0 rings (SSSR count). The number of nitrogens with zero attached hydrogens (tertiary/aromatic N) is 1. The van der Waals surface area contributed by atoms with Gasteiger partial charge in [0.15, 0.2) is 0 Å². The van der Waals surface area contributed by atoms with Crippen molar-refractivity contribution in [3.05, 3.63) is 0 Å². The molecule has 0 atom stereocenters. The predicted molar refractivity (Wildman–Crippen MR) is 60.0 cm³/mol. The van der Waals surface area contributed by atoms with E-state index in [4.69, 9.17) is 9.47 Å². The first-order chi connectivity index (χ1) is 7.61. The minimum Gasteiger partial charge on any atom is -0.466 e. The highest BCUT2D eigenvalue weighted by Crippen LogP contribution is 1.95. The van der Waals surface area contributed by atoms with Crippen molar-refractivity contribution in [3.63, 3.8) is 0 Å². The number of hydrogen-bond acceptors (Lipinski definition) is 4. The molecule has 0 saturated carbocycles. The van der Waals surface area contributed by atoms with Crippen LogP contribution in [0.25, 0.3) is 0 Å². The van der Waals surface area contributed by atoms with E-state index in [2.05, 4.69) is 0 Å². The molecule has 0 spiro atoms. The summed E-state index contributed by atoms with van der Waals surface area (Å²) < 4.78 is 9.85. The van der Waals surface area contributed by atoms with Gasteiger partial charge in [-0.3, -0.25) is 9.59 Å². The molecule has 5 heteroatoms. The van der Waals surface area contributed by atoms with Gasteiger partial charge in [0.25, 0.3) is 0 Å². The van der Waals surface area contributed by atoms with Crippen LogP contribution in [0.3, 0.4) is 0 Å². The van der Waals surface area contributed by atoms with Gasteiger partial charge < -0.3 is 14.4 Å². The molecule has 0 fully saturated rings. The first kappa shape index (κ1) is 14.9. The number of rotatable bonds is 8. The van der Waals surface area contributed by atoms with Crippen LogP contribution in [-0.2, 0) is 19.1 Å². The number of carbonyl (C=O) groups is 2. The molecule has 5 nitrogen and oxygen atoms in total. The van der Waals surface area contributed by atoms with Gasteiger partial charge in [0, 0.05) is 20.2 Å². The summed E-state index contributed by atoms with van der Waals surface area (Å²) in [5, 5.41) is 0. The monoisotopic (exact) mass is 231 g/mol. The van der Waals surface area contributed by atoms with E-state index in [9.17, 15) is 9.59 Å². The summed E-state index contributed by atoms with van der Waals surface area (Å²) >= 11 is 0. The van der Waals surface area contributed by atoms with Crippen molar-refractivity contribution in [2.45, 2.75) is 26.7 Å². The van der Waals surface area contributed by atoms with Crippen LogP contribution in [-0.4, -0.2) is 50.2 Å². The van der Waals surface area contributed by atoms with Crippen molar-refractivity contribution in [3.8, 4) is 0 Å². The average Bonchev–Trinajstić information content (AvgIpc) is 2.26. The number of esters is 1. The maximum absolute atomic E-state index is 11.5. The second-order valence-electron chi connectivity index (χ2n) is 3.32. The number of amides is 1. The van der Waals surface area contributed by atoms with Crippen molar-refractivity contribution in [1.29, 1.82) is 0 Å². The van der Waals surface area contributed by atoms with Crippen molar-refractivity contribution in [2.75, 3.05) is 33.4 Å². The third-order valence-electron chi connectivity index (χ3n) is 2.05. The Morgan fingerprint density at radius 2 is 1.81 bits per heavy atom. The van der Waals surface area contributed by atoms with Gasteiger partial charge in [0.2, 0.25) is 5.91 Å². The fourth-order valence-electron chi connectivity index (χ4n) is 1.11. The molecule has 0 heterocycles. The van der Waals surface area contributed by atoms with Gasteiger partial charge >= 0.3 is 5.97 Å². The smallest absolute Gasteiger partial charge is 0.307 e. The lowest BCUT2D eigenvalue weighted by atomic mass is 10.3. The van der Waals surface area contributed by atoms with Gasteiger partial charge in [-0.2, -0.15) is 0 Å². The standard InChI is InChI=1S/C11H21NO4/c1-4-15-9-7-10(13)12(3)8-6-11(14)16-5-2/h4-9H2,1-3H3. The molecule has 1 amide bonds. The SMILES string of the molecule is CCOCCC(=O)N(C)CCC(=O)OCC. The second kappa shape index (κ2) is 9.15. The highest BCUT2D eigenvalue weighted by Gasteiger charge is 2.10. The summed E-state index contributed by atoms with van der Waals surface area (Å²) in [5.41, 5.74) is 0. The van der Waals surface area contributed by atoms with E-state index in [1.54, 1.807) is 14.0 Å². The van der Waals surface area contributed by atoms with E-state index in [0.717, 1.165) is 0 Å². The lowest BCUT2D eigenvalue weighted by molar-refractivity contribution is -0.143. The van der Waals surface area contributed by atoms with Crippen LogP contribution < -0.4 is 0 Å². The topological polar surface area (TPSA) is 55.8 Å². The molecule has 0 aliphatic heterocycles. The van der Waals surface area contributed by atoms with Gasteiger partial charge in [0.05, 0.1) is 26.1 Å². The van der Waals surface area contributed by atoms with Gasteiger partial charge in [0.1, 0.15) is 0 Å². The highest BCUT2D eigenvalue weighted by molar-refractivity contribution is 5.77. The maximum atomic E-state index is 11.5. The van der Waals surface area contributed by atoms with E-state index in [1.807, 2.05) is 6.92 Å². The van der Waals surface area contributed by atoms with Crippen molar-refractivity contribution < 1.29 is 19.1 Å². The van der Waals surface area contributed by atoms with Crippen LogP contribution in [0.5, 0.6) is 0 Å². The zero-order chi connectivity index (χ0) is 12.4. The summed E-state index contributed by atoms with van der Waals surface area (Å²) in [4.78, 5) is 24.1. The normalized spacial score (nSPS) is 9.94. The zero-order valence-corrected chi connectivity index (χ0v) is 10.3. The van der Waals surface area contributed by atoms with E-state index >= 15 is 0 Å². The first-order valence-electron chi connectivity index (χ1n) is 5.59. The average molecular weight is 231 g/mol. The molecule has 0 aromatic rings. The molecule has 0 aromatic carbocycles. The van der Waals surface area contributed by atoms with Crippen LogP contribution in [0.4, 0.5) is 0 Å². The molecule has 0 saturated heterocycles. The van der Waals surface area contributed by atoms with Crippen LogP contribution in [0.2, 0.25) is 0 Å². The summed E-state index contributed by atoms with van der Waals surface area (Å²) in [6.45, 7) is 5.45. The molecule has 0 aromatic heterocycles. The van der Waals surface area contributed by atoms with Gasteiger partial charge in [-0.05, 0) is 13.8 Å². The number of carbonyl (C=O) groups excluding carboxylic acids is 2. The van der Waals surface area contributed by atoms with E-state index < -0.39 is 0 Å². The fraction of sp³-hybridized carbons (Fsp3) is 0.818. The Kier molecular flexibility index (Phi) is 8.52. The Bertz CT molecular complexity index is 218. The molecule has 0 unspecified atom stereocenters. The van der Waals surface area contributed by atoms with Crippen LogP contribution in [0.15, 0.2) is 0 Å². The van der Waals surface area contributed by atoms with Gasteiger partial charge in [-0.15, -0.1) is 0 Å². The zero-order valence-electron chi connectivity index (χ0n) is 10.3. The Labute approximate surface area is 96.7 Å². The Morgan fingerprint density at radius 1 is 1.12 bits per heavy atom. The highest BCUT2D eigenvalue weighted by atomic mass is 16.5. The molecule has 16 heavy (non-hydrogen) atoms. The molecule has 0 aliphatic rings.